The van der Waals surface area contributed by atoms with Crippen LogP contribution in [-0.2, 0) is 0 Å². The third-order valence-corrected chi connectivity index (χ3v) is 3.13. The van der Waals surface area contributed by atoms with Gasteiger partial charge in [-0.3, -0.25) is 10.1 Å². The van der Waals surface area contributed by atoms with Gasteiger partial charge in [-0.2, -0.15) is 0 Å². The second-order valence-corrected chi connectivity index (χ2v) is 5.13. The van der Waals surface area contributed by atoms with Gasteiger partial charge >= 0.3 is 0 Å². The number of rotatable bonds is 5. The molecule has 0 aromatic heterocycles. The SMILES string of the molecule is CCC(C)(C)CNc1ccc(C)c([N+](=O)[O-])c1. The minimum atomic E-state index is -0.342. The third kappa shape index (κ3) is 3.73. The van der Waals surface area contributed by atoms with Crippen molar-refractivity contribution in [1.82, 2.24) is 0 Å². The Kier molecular flexibility index (Phi) is 4.10. The van der Waals surface area contributed by atoms with Crippen LogP contribution < -0.4 is 5.32 Å². The van der Waals surface area contributed by atoms with Crippen LogP contribution in [0.3, 0.4) is 0 Å². The summed E-state index contributed by atoms with van der Waals surface area (Å²) in [7, 11) is 0. The van der Waals surface area contributed by atoms with Crippen molar-refractivity contribution in [2.24, 2.45) is 5.41 Å². The van der Waals surface area contributed by atoms with E-state index in [0.717, 1.165) is 18.7 Å². The van der Waals surface area contributed by atoms with E-state index in [1.165, 1.54) is 0 Å². The highest BCUT2D eigenvalue weighted by atomic mass is 16.6. The first-order valence-corrected chi connectivity index (χ1v) is 5.84. The number of nitro groups is 1. The van der Waals surface area contributed by atoms with Crippen LogP contribution >= 0.6 is 0 Å². The first kappa shape index (κ1) is 13.5. The van der Waals surface area contributed by atoms with Gasteiger partial charge in [0.25, 0.3) is 5.69 Å². The summed E-state index contributed by atoms with van der Waals surface area (Å²) in [6, 6.07) is 5.26. The molecule has 0 saturated carbocycles. The molecule has 94 valence electrons. The lowest BCUT2D eigenvalue weighted by Gasteiger charge is -2.23. The summed E-state index contributed by atoms with van der Waals surface area (Å²) in [6.07, 6.45) is 1.06. The quantitative estimate of drug-likeness (QED) is 0.625. The molecule has 1 aromatic rings. The highest BCUT2D eigenvalue weighted by Crippen LogP contribution is 2.25. The molecule has 0 heterocycles. The Labute approximate surface area is 102 Å². The molecule has 0 aliphatic heterocycles. The number of aryl methyl sites for hydroxylation is 1. The number of hydrogen-bond donors (Lipinski definition) is 1. The number of benzene rings is 1. The Hall–Kier alpha value is -1.58. The summed E-state index contributed by atoms with van der Waals surface area (Å²) in [5.41, 5.74) is 1.86. The van der Waals surface area contributed by atoms with E-state index in [1.54, 1.807) is 19.1 Å². The molecule has 4 nitrogen and oxygen atoms in total. The molecule has 0 amide bonds. The maximum absolute atomic E-state index is 10.8. The third-order valence-electron chi connectivity index (χ3n) is 3.13. The number of hydrogen-bond acceptors (Lipinski definition) is 3. The minimum absolute atomic E-state index is 0.171. The first-order valence-electron chi connectivity index (χ1n) is 5.84. The van der Waals surface area contributed by atoms with Gasteiger partial charge in [0.05, 0.1) is 4.92 Å². The minimum Gasteiger partial charge on any atom is -0.384 e. The van der Waals surface area contributed by atoms with E-state index in [9.17, 15) is 10.1 Å². The maximum atomic E-state index is 10.8. The molecule has 1 aromatic carbocycles. The molecule has 0 unspecified atom stereocenters. The predicted molar refractivity (Wildman–Crippen MR) is 70.4 cm³/mol. The fraction of sp³-hybridized carbons (Fsp3) is 0.538. The molecule has 1 rings (SSSR count). The van der Waals surface area contributed by atoms with Crippen LogP contribution in [0.15, 0.2) is 18.2 Å². The van der Waals surface area contributed by atoms with Crippen LogP contribution in [0.2, 0.25) is 0 Å². The average Bonchev–Trinajstić information content (AvgIpc) is 2.27. The van der Waals surface area contributed by atoms with Crippen LogP contribution in [0.5, 0.6) is 0 Å². The van der Waals surface area contributed by atoms with Gasteiger partial charge in [-0.05, 0) is 24.8 Å². The Morgan fingerprint density at radius 1 is 1.41 bits per heavy atom. The Morgan fingerprint density at radius 2 is 2.06 bits per heavy atom. The zero-order valence-electron chi connectivity index (χ0n) is 10.9. The van der Waals surface area contributed by atoms with E-state index >= 15 is 0 Å². The average molecular weight is 236 g/mol. The molecule has 1 N–H and O–H groups in total. The van der Waals surface area contributed by atoms with Crippen molar-refractivity contribution in [1.29, 1.82) is 0 Å². The molecular formula is C13H20N2O2. The lowest BCUT2D eigenvalue weighted by molar-refractivity contribution is -0.385. The summed E-state index contributed by atoms with van der Waals surface area (Å²) in [6.45, 7) is 9.03. The van der Waals surface area contributed by atoms with Crippen LogP contribution in [-0.4, -0.2) is 11.5 Å². The van der Waals surface area contributed by atoms with E-state index in [-0.39, 0.29) is 16.0 Å². The molecule has 17 heavy (non-hydrogen) atoms. The largest absolute Gasteiger partial charge is 0.384 e. The van der Waals surface area contributed by atoms with Gasteiger partial charge in [-0.25, -0.2) is 0 Å². The zero-order chi connectivity index (χ0) is 13.1. The molecule has 0 radical (unpaired) electrons. The Balaban J connectivity index is 2.80. The van der Waals surface area contributed by atoms with Crippen LogP contribution in [0.25, 0.3) is 0 Å². The van der Waals surface area contributed by atoms with Gasteiger partial charge in [-0.1, -0.05) is 26.8 Å². The van der Waals surface area contributed by atoms with Crippen LogP contribution in [0.4, 0.5) is 11.4 Å². The second-order valence-electron chi connectivity index (χ2n) is 5.13. The monoisotopic (exact) mass is 236 g/mol. The lowest BCUT2D eigenvalue weighted by Crippen LogP contribution is -2.22. The second kappa shape index (κ2) is 5.17. The van der Waals surface area contributed by atoms with Crippen LogP contribution in [0, 0.1) is 22.5 Å². The van der Waals surface area contributed by atoms with Gasteiger partial charge in [0.15, 0.2) is 0 Å². The Bertz CT molecular complexity index is 414. The van der Waals surface area contributed by atoms with Gasteiger partial charge in [0, 0.05) is 23.9 Å². The van der Waals surface area contributed by atoms with Crippen molar-refractivity contribution in [2.45, 2.75) is 34.1 Å². The number of nitrogens with zero attached hydrogens (tertiary/aromatic N) is 1. The fourth-order valence-corrected chi connectivity index (χ4v) is 1.38. The van der Waals surface area contributed by atoms with E-state index in [4.69, 9.17) is 0 Å². The van der Waals surface area contributed by atoms with Gasteiger partial charge in [0.2, 0.25) is 0 Å². The first-order chi connectivity index (χ1) is 7.85. The number of anilines is 1. The lowest BCUT2D eigenvalue weighted by atomic mass is 9.90. The van der Waals surface area contributed by atoms with Crippen molar-refractivity contribution in [2.75, 3.05) is 11.9 Å². The van der Waals surface area contributed by atoms with Crippen molar-refractivity contribution in [3.8, 4) is 0 Å². The summed E-state index contributed by atoms with van der Waals surface area (Å²) >= 11 is 0. The molecule has 0 aliphatic carbocycles. The molecular weight excluding hydrogens is 216 g/mol. The molecule has 0 spiro atoms. The molecule has 0 aliphatic rings. The topological polar surface area (TPSA) is 55.2 Å². The fourth-order valence-electron chi connectivity index (χ4n) is 1.38. The molecule has 0 atom stereocenters. The zero-order valence-corrected chi connectivity index (χ0v) is 10.9. The molecule has 0 saturated heterocycles. The van der Waals surface area contributed by atoms with Gasteiger partial charge < -0.3 is 5.32 Å². The summed E-state index contributed by atoms with van der Waals surface area (Å²) in [5, 5.41) is 14.1. The van der Waals surface area contributed by atoms with E-state index in [2.05, 4.69) is 26.1 Å². The normalized spacial score (nSPS) is 11.3. The van der Waals surface area contributed by atoms with E-state index in [0.29, 0.717) is 5.56 Å². The van der Waals surface area contributed by atoms with Crippen molar-refractivity contribution in [3.05, 3.63) is 33.9 Å². The Morgan fingerprint density at radius 3 is 2.59 bits per heavy atom. The van der Waals surface area contributed by atoms with Crippen molar-refractivity contribution < 1.29 is 4.92 Å². The predicted octanol–water partition coefficient (Wildman–Crippen LogP) is 3.75. The van der Waals surface area contributed by atoms with E-state index in [1.807, 2.05) is 6.07 Å². The summed E-state index contributed by atoms with van der Waals surface area (Å²) in [4.78, 5) is 10.5. The molecule has 0 fully saturated rings. The smallest absolute Gasteiger partial charge is 0.274 e. The van der Waals surface area contributed by atoms with Crippen molar-refractivity contribution in [3.63, 3.8) is 0 Å². The summed E-state index contributed by atoms with van der Waals surface area (Å²) in [5.74, 6) is 0. The highest BCUT2D eigenvalue weighted by Gasteiger charge is 2.16. The standard InChI is InChI=1S/C13H20N2O2/c1-5-13(3,4)9-14-11-7-6-10(2)12(8-11)15(16)17/h6-8,14H,5,9H2,1-4H3. The van der Waals surface area contributed by atoms with Crippen molar-refractivity contribution >= 4 is 11.4 Å². The van der Waals surface area contributed by atoms with E-state index < -0.39 is 0 Å². The molecule has 0 bridgehead atoms. The molecule has 4 heteroatoms. The number of nitro benzene ring substituents is 1. The van der Waals surface area contributed by atoms with Crippen LogP contribution in [0.1, 0.15) is 32.8 Å². The highest BCUT2D eigenvalue weighted by molar-refractivity contribution is 5.54. The number of nitrogens with one attached hydrogen (secondary N) is 1. The summed E-state index contributed by atoms with van der Waals surface area (Å²) < 4.78 is 0. The van der Waals surface area contributed by atoms with Gasteiger partial charge in [0.1, 0.15) is 0 Å². The maximum Gasteiger partial charge on any atom is 0.274 e. The van der Waals surface area contributed by atoms with Gasteiger partial charge in [-0.15, -0.1) is 0 Å².